The van der Waals surface area contributed by atoms with Gasteiger partial charge in [0.25, 0.3) is 0 Å². The van der Waals surface area contributed by atoms with Gasteiger partial charge in [-0.15, -0.1) is 11.3 Å². The van der Waals surface area contributed by atoms with Crippen LogP contribution in [-0.2, 0) is 6.54 Å². The zero-order valence-electron chi connectivity index (χ0n) is 7.11. The average Bonchev–Trinajstić information content (AvgIpc) is 2.71. The van der Waals surface area contributed by atoms with Crippen molar-refractivity contribution in [1.29, 1.82) is 0 Å². The molecule has 0 aliphatic rings. The van der Waals surface area contributed by atoms with Crippen LogP contribution in [0.4, 0.5) is 0 Å². The van der Waals surface area contributed by atoms with Crippen LogP contribution in [0, 0.1) is 6.92 Å². The minimum Gasteiger partial charge on any atom is -0.325 e. The monoisotopic (exact) mass is 195 g/mol. The highest BCUT2D eigenvalue weighted by atomic mass is 32.1. The Morgan fingerprint density at radius 3 is 2.92 bits per heavy atom. The Morgan fingerprint density at radius 1 is 1.54 bits per heavy atom. The quantitative estimate of drug-likeness (QED) is 0.739. The maximum Gasteiger partial charge on any atom is 0.200 e. The van der Waals surface area contributed by atoms with Crippen LogP contribution in [-0.4, -0.2) is 20.2 Å². The molecule has 0 aliphatic heterocycles. The minimum absolute atomic E-state index is 0.466. The van der Waals surface area contributed by atoms with Crippen LogP contribution in [0.15, 0.2) is 5.38 Å². The summed E-state index contributed by atoms with van der Waals surface area (Å²) < 4.78 is 0. The first-order valence-corrected chi connectivity index (χ1v) is 4.71. The molecule has 2 aromatic rings. The fraction of sp³-hybridized carbons (Fsp3) is 0.286. The van der Waals surface area contributed by atoms with Gasteiger partial charge in [-0.05, 0) is 6.92 Å². The first-order valence-electron chi connectivity index (χ1n) is 3.83. The predicted molar refractivity (Wildman–Crippen MR) is 50.1 cm³/mol. The first-order chi connectivity index (χ1) is 6.29. The van der Waals surface area contributed by atoms with Gasteiger partial charge in [-0.2, -0.15) is 5.10 Å². The Balaban J connectivity index is 2.35. The molecule has 0 unspecified atom stereocenters. The number of H-pyrrole nitrogens is 1. The molecule has 0 amide bonds. The maximum atomic E-state index is 5.45. The summed E-state index contributed by atoms with van der Waals surface area (Å²) in [4.78, 5) is 8.43. The molecule has 0 saturated carbocycles. The van der Waals surface area contributed by atoms with E-state index < -0.39 is 0 Å². The summed E-state index contributed by atoms with van der Waals surface area (Å²) in [6, 6.07) is 0. The van der Waals surface area contributed by atoms with E-state index in [2.05, 4.69) is 20.2 Å². The van der Waals surface area contributed by atoms with Crippen LogP contribution in [0.1, 0.15) is 10.8 Å². The second-order valence-corrected chi connectivity index (χ2v) is 3.52. The number of nitrogens with one attached hydrogen (secondary N) is 1. The zero-order chi connectivity index (χ0) is 9.26. The van der Waals surface area contributed by atoms with E-state index in [9.17, 15) is 0 Å². The van der Waals surface area contributed by atoms with Crippen molar-refractivity contribution in [3.05, 3.63) is 16.2 Å². The van der Waals surface area contributed by atoms with E-state index in [0.717, 1.165) is 16.5 Å². The molecule has 68 valence electrons. The molecule has 2 rings (SSSR count). The van der Waals surface area contributed by atoms with Crippen LogP contribution in [0.2, 0.25) is 0 Å². The topological polar surface area (TPSA) is 80.5 Å². The van der Waals surface area contributed by atoms with Crippen molar-refractivity contribution < 1.29 is 0 Å². The molecule has 0 radical (unpaired) electrons. The number of aromatic nitrogens is 4. The Kier molecular flexibility index (Phi) is 2.07. The van der Waals surface area contributed by atoms with Crippen LogP contribution in [0.5, 0.6) is 0 Å². The molecule has 0 aromatic carbocycles. The van der Waals surface area contributed by atoms with Gasteiger partial charge in [0.2, 0.25) is 5.82 Å². The molecule has 0 bridgehead atoms. The van der Waals surface area contributed by atoms with Crippen LogP contribution in [0.25, 0.3) is 11.5 Å². The third kappa shape index (κ3) is 1.58. The lowest BCUT2D eigenvalue weighted by Crippen LogP contribution is -1.94. The number of rotatable bonds is 2. The molecule has 5 nitrogen and oxygen atoms in total. The lowest BCUT2D eigenvalue weighted by molar-refractivity contribution is 1.02. The molecule has 0 aliphatic carbocycles. The summed E-state index contributed by atoms with van der Waals surface area (Å²) in [5.41, 5.74) is 6.23. The predicted octanol–water partition coefficient (Wildman–Crippen LogP) is 0.695. The summed E-state index contributed by atoms with van der Waals surface area (Å²) in [6.07, 6.45) is 0. The number of thiazole rings is 1. The van der Waals surface area contributed by atoms with Crippen LogP contribution < -0.4 is 5.73 Å². The van der Waals surface area contributed by atoms with E-state index in [1.54, 1.807) is 0 Å². The first kappa shape index (κ1) is 8.33. The molecular formula is C7H9N5S. The lowest BCUT2D eigenvalue weighted by atomic mass is 10.5. The van der Waals surface area contributed by atoms with Gasteiger partial charge in [-0.25, -0.2) is 9.97 Å². The minimum atomic E-state index is 0.466. The summed E-state index contributed by atoms with van der Waals surface area (Å²) in [5.74, 6) is 1.42. The fourth-order valence-electron chi connectivity index (χ4n) is 0.965. The SMILES string of the molecule is Cc1nc(-c2csc(CN)n2)n[nH]1. The highest BCUT2D eigenvalue weighted by molar-refractivity contribution is 7.09. The van der Waals surface area contributed by atoms with Crippen molar-refractivity contribution in [2.75, 3.05) is 0 Å². The zero-order valence-corrected chi connectivity index (χ0v) is 7.93. The van der Waals surface area contributed by atoms with Gasteiger partial charge in [0.1, 0.15) is 16.5 Å². The molecular weight excluding hydrogens is 186 g/mol. The van der Waals surface area contributed by atoms with Gasteiger partial charge in [0.05, 0.1) is 0 Å². The third-order valence-electron chi connectivity index (χ3n) is 1.55. The van der Waals surface area contributed by atoms with Gasteiger partial charge in [0.15, 0.2) is 0 Å². The summed E-state index contributed by atoms with van der Waals surface area (Å²) >= 11 is 1.52. The van der Waals surface area contributed by atoms with Gasteiger partial charge >= 0.3 is 0 Å². The van der Waals surface area contributed by atoms with Crippen molar-refractivity contribution in [3.63, 3.8) is 0 Å². The number of hydrogen-bond acceptors (Lipinski definition) is 5. The summed E-state index contributed by atoms with van der Waals surface area (Å²) in [7, 11) is 0. The number of aryl methyl sites for hydroxylation is 1. The fourth-order valence-corrected chi connectivity index (χ4v) is 1.62. The molecule has 0 atom stereocenters. The largest absolute Gasteiger partial charge is 0.325 e. The molecule has 6 heteroatoms. The van der Waals surface area contributed by atoms with Crippen molar-refractivity contribution >= 4 is 11.3 Å². The smallest absolute Gasteiger partial charge is 0.200 e. The van der Waals surface area contributed by atoms with Gasteiger partial charge in [-0.3, -0.25) is 5.10 Å². The number of aromatic amines is 1. The molecule has 0 spiro atoms. The van der Waals surface area contributed by atoms with E-state index in [0.29, 0.717) is 12.4 Å². The summed E-state index contributed by atoms with van der Waals surface area (Å²) in [6.45, 7) is 2.32. The lowest BCUT2D eigenvalue weighted by Gasteiger charge is -1.84. The highest BCUT2D eigenvalue weighted by Gasteiger charge is 2.07. The van der Waals surface area contributed by atoms with E-state index in [4.69, 9.17) is 5.73 Å². The van der Waals surface area contributed by atoms with E-state index in [-0.39, 0.29) is 0 Å². The Hall–Kier alpha value is -1.27. The van der Waals surface area contributed by atoms with Crippen molar-refractivity contribution in [2.45, 2.75) is 13.5 Å². The van der Waals surface area contributed by atoms with Crippen LogP contribution >= 0.6 is 11.3 Å². The second-order valence-electron chi connectivity index (χ2n) is 2.58. The second kappa shape index (κ2) is 3.23. The van der Waals surface area contributed by atoms with E-state index in [1.807, 2.05) is 12.3 Å². The third-order valence-corrected chi connectivity index (χ3v) is 2.42. The van der Waals surface area contributed by atoms with Gasteiger partial charge in [0, 0.05) is 11.9 Å². The normalized spacial score (nSPS) is 10.6. The van der Waals surface area contributed by atoms with Crippen molar-refractivity contribution in [3.8, 4) is 11.5 Å². The molecule has 13 heavy (non-hydrogen) atoms. The maximum absolute atomic E-state index is 5.45. The van der Waals surface area contributed by atoms with E-state index >= 15 is 0 Å². The van der Waals surface area contributed by atoms with Crippen LogP contribution in [0.3, 0.4) is 0 Å². The van der Waals surface area contributed by atoms with Crippen molar-refractivity contribution in [2.24, 2.45) is 5.73 Å². The molecule has 0 saturated heterocycles. The summed E-state index contributed by atoms with van der Waals surface area (Å²) in [5, 5.41) is 9.58. The Morgan fingerprint density at radius 2 is 2.38 bits per heavy atom. The standard InChI is InChI=1S/C7H9N5S/c1-4-9-7(12-11-4)5-3-13-6(2-8)10-5/h3H,2,8H2,1H3,(H,9,11,12). The Labute approximate surface area is 79.0 Å². The highest BCUT2D eigenvalue weighted by Crippen LogP contribution is 2.17. The van der Waals surface area contributed by atoms with Crippen molar-refractivity contribution in [1.82, 2.24) is 20.2 Å². The van der Waals surface area contributed by atoms with E-state index in [1.165, 1.54) is 11.3 Å². The number of hydrogen-bond donors (Lipinski definition) is 2. The molecule has 0 fully saturated rings. The average molecular weight is 195 g/mol. The molecule has 2 heterocycles. The molecule has 3 N–H and O–H groups in total. The Bertz CT molecular complexity index is 404. The number of nitrogens with zero attached hydrogens (tertiary/aromatic N) is 3. The van der Waals surface area contributed by atoms with Gasteiger partial charge in [-0.1, -0.05) is 0 Å². The van der Waals surface area contributed by atoms with Gasteiger partial charge < -0.3 is 5.73 Å². The molecule has 2 aromatic heterocycles. The number of nitrogens with two attached hydrogens (primary N) is 1.